The number of aromatic amines is 1. The van der Waals surface area contributed by atoms with Crippen molar-refractivity contribution in [1.82, 2.24) is 15.3 Å². The molecule has 0 saturated carbocycles. The van der Waals surface area contributed by atoms with E-state index in [1.807, 2.05) is 0 Å². The molecule has 0 amide bonds. The number of nitrogens with one attached hydrogen (secondary N) is 2. The van der Waals surface area contributed by atoms with Crippen molar-refractivity contribution in [3.05, 3.63) is 34.1 Å². The summed E-state index contributed by atoms with van der Waals surface area (Å²) in [6, 6.07) is 4.94. The Bertz CT molecular complexity index is 572. The van der Waals surface area contributed by atoms with E-state index in [-0.39, 0.29) is 11.7 Å². The first kappa shape index (κ1) is 10.2. The average Bonchev–Trinajstić information content (AvgIpc) is 2.96. The van der Waals surface area contributed by atoms with Crippen LogP contribution in [0.4, 0.5) is 5.69 Å². The molecule has 1 saturated heterocycles. The van der Waals surface area contributed by atoms with E-state index in [1.54, 1.807) is 6.07 Å². The summed E-state index contributed by atoms with van der Waals surface area (Å²) in [5.41, 5.74) is 1.59. The van der Waals surface area contributed by atoms with Crippen LogP contribution >= 0.6 is 0 Å². The molecule has 1 fully saturated rings. The second kappa shape index (κ2) is 3.81. The number of non-ortho nitro benzene ring substituents is 1. The van der Waals surface area contributed by atoms with Gasteiger partial charge in [-0.15, -0.1) is 0 Å². The van der Waals surface area contributed by atoms with Crippen LogP contribution in [0.3, 0.4) is 0 Å². The van der Waals surface area contributed by atoms with Gasteiger partial charge in [0, 0.05) is 12.1 Å². The molecule has 0 spiro atoms. The minimum absolute atomic E-state index is 0.0899. The van der Waals surface area contributed by atoms with E-state index >= 15 is 0 Å². The van der Waals surface area contributed by atoms with E-state index in [4.69, 9.17) is 0 Å². The van der Waals surface area contributed by atoms with Crippen LogP contribution in [0.5, 0.6) is 0 Å². The molecule has 0 radical (unpaired) electrons. The van der Waals surface area contributed by atoms with Gasteiger partial charge in [-0.3, -0.25) is 10.1 Å². The van der Waals surface area contributed by atoms with Crippen molar-refractivity contribution in [3.8, 4) is 0 Å². The second-order valence-electron chi connectivity index (χ2n) is 4.23. The number of hydrogen-bond acceptors (Lipinski definition) is 4. The largest absolute Gasteiger partial charge is 0.340 e. The molecular weight excluding hydrogens is 220 g/mol. The van der Waals surface area contributed by atoms with Gasteiger partial charge < -0.3 is 10.3 Å². The van der Waals surface area contributed by atoms with Crippen molar-refractivity contribution in [1.29, 1.82) is 0 Å². The van der Waals surface area contributed by atoms with Gasteiger partial charge in [-0.2, -0.15) is 0 Å². The van der Waals surface area contributed by atoms with Crippen molar-refractivity contribution >= 4 is 16.7 Å². The number of benzene rings is 1. The van der Waals surface area contributed by atoms with Gasteiger partial charge in [-0.1, -0.05) is 0 Å². The molecule has 2 heterocycles. The maximum atomic E-state index is 10.7. The first-order chi connectivity index (χ1) is 8.24. The van der Waals surface area contributed by atoms with E-state index in [2.05, 4.69) is 15.3 Å². The Hall–Kier alpha value is -1.95. The fourth-order valence-electron chi connectivity index (χ4n) is 2.21. The minimum Gasteiger partial charge on any atom is -0.340 e. The Morgan fingerprint density at radius 2 is 2.35 bits per heavy atom. The third-order valence-electron chi connectivity index (χ3n) is 3.08. The lowest BCUT2D eigenvalue weighted by Gasteiger charge is -2.04. The highest BCUT2D eigenvalue weighted by molar-refractivity contribution is 5.77. The maximum absolute atomic E-state index is 10.7. The smallest absolute Gasteiger partial charge is 0.271 e. The predicted molar refractivity (Wildman–Crippen MR) is 62.7 cm³/mol. The topological polar surface area (TPSA) is 83.8 Å². The van der Waals surface area contributed by atoms with Crippen LogP contribution in [0.1, 0.15) is 24.7 Å². The molecule has 1 aliphatic rings. The summed E-state index contributed by atoms with van der Waals surface area (Å²) in [7, 11) is 0. The molecule has 3 rings (SSSR count). The maximum Gasteiger partial charge on any atom is 0.271 e. The fourth-order valence-corrected chi connectivity index (χ4v) is 2.21. The monoisotopic (exact) mass is 232 g/mol. The highest BCUT2D eigenvalue weighted by atomic mass is 16.6. The average molecular weight is 232 g/mol. The van der Waals surface area contributed by atoms with Crippen molar-refractivity contribution in [2.24, 2.45) is 0 Å². The predicted octanol–water partition coefficient (Wildman–Crippen LogP) is 1.90. The molecule has 2 aromatic rings. The Labute approximate surface area is 97.2 Å². The number of hydrogen-bond donors (Lipinski definition) is 2. The molecule has 1 aliphatic heterocycles. The standard InChI is InChI=1S/C11H12N4O2/c16-15(17)7-3-4-8-10(6-7)14-11(13-8)9-2-1-5-12-9/h3-4,6,9,12H,1-2,5H2,(H,13,14). The summed E-state index contributed by atoms with van der Waals surface area (Å²) < 4.78 is 0. The first-order valence-electron chi connectivity index (χ1n) is 5.61. The Morgan fingerprint density at radius 1 is 1.47 bits per heavy atom. The fraction of sp³-hybridized carbons (Fsp3) is 0.364. The number of imidazole rings is 1. The number of rotatable bonds is 2. The molecule has 2 N–H and O–H groups in total. The summed E-state index contributed by atoms with van der Waals surface area (Å²) in [6.45, 7) is 1.00. The Morgan fingerprint density at radius 3 is 3.06 bits per heavy atom. The molecule has 0 aliphatic carbocycles. The molecule has 1 unspecified atom stereocenters. The summed E-state index contributed by atoms with van der Waals surface area (Å²) in [6.07, 6.45) is 2.20. The van der Waals surface area contributed by atoms with E-state index in [0.29, 0.717) is 0 Å². The van der Waals surface area contributed by atoms with Crippen molar-refractivity contribution in [2.75, 3.05) is 6.54 Å². The van der Waals surface area contributed by atoms with Crippen LogP contribution < -0.4 is 5.32 Å². The van der Waals surface area contributed by atoms with Crippen LogP contribution in [-0.2, 0) is 0 Å². The number of nitro benzene ring substituents is 1. The second-order valence-corrected chi connectivity index (χ2v) is 4.23. The number of nitrogens with zero attached hydrogens (tertiary/aromatic N) is 2. The van der Waals surface area contributed by atoms with E-state index in [9.17, 15) is 10.1 Å². The van der Waals surface area contributed by atoms with Gasteiger partial charge in [-0.05, 0) is 25.5 Å². The quantitative estimate of drug-likeness (QED) is 0.611. The van der Waals surface area contributed by atoms with E-state index in [0.717, 1.165) is 36.2 Å². The zero-order chi connectivity index (χ0) is 11.8. The van der Waals surface area contributed by atoms with Crippen LogP contribution in [0.25, 0.3) is 11.0 Å². The molecule has 17 heavy (non-hydrogen) atoms. The lowest BCUT2D eigenvalue weighted by Crippen LogP contribution is -2.13. The highest BCUT2D eigenvalue weighted by Gasteiger charge is 2.20. The molecule has 88 valence electrons. The van der Waals surface area contributed by atoms with Crippen molar-refractivity contribution in [2.45, 2.75) is 18.9 Å². The van der Waals surface area contributed by atoms with Crippen LogP contribution in [-0.4, -0.2) is 21.4 Å². The van der Waals surface area contributed by atoms with Gasteiger partial charge in [0.15, 0.2) is 0 Å². The summed E-state index contributed by atoms with van der Waals surface area (Å²) >= 11 is 0. The molecular formula is C11H12N4O2. The lowest BCUT2D eigenvalue weighted by atomic mass is 10.2. The summed E-state index contributed by atoms with van der Waals surface area (Å²) in [5.74, 6) is 0.873. The highest BCUT2D eigenvalue weighted by Crippen LogP contribution is 2.25. The minimum atomic E-state index is -0.395. The van der Waals surface area contributed by atoms with Gasteiger partial charge in [-0.25, -0.2) is 4.98 Å². The van der Waals surface area contributed by atoms with Crippen LogP contribution in [0.2, 0.25) is 0 Å². The number of nitro groups is 1. The SMILES string of the molecule is O=[N+]([O-])c1ccc2nc(C3CCCN3)[nH]c2c1. The Kier molecular flexibility index (Phi) is 2.29. The van der Waals surface area contributed by atoms with Crippen LogP contribution in [0, 0.1) is 10.1 Å². The van der Waals surface area contributed by atoms with Gasteiger partial charge in [0.05, 0.1) is 22.0 Å². The van der Waals surface area contributed by atoms with Crippen molar-refractivity contribution in [3.63, 3.8) is 0 Å². The summed E-state index contributed by atoms with van der Waals surface area (Å²) in [4.78, 5) is 17.9. The normalized spacial score (nSPS) is 19.9. The van der Waals surface area contributed by atoms with Crippen molar-refractivity contribution < 1.29 is 4.92 Å². The molecule has 1 aromatic carbocycles. The van der Waals surface area contributed by atoms with Gasteiger partial charge in [0.2, 0.25) is 0 Å². The number of fused-ring (bicyclic) bond motifs is 1. The Balaban J connectivity index is 2.03. The molecule has 1 atom stereocenters. The van der Waals surface area contributed by atoms with Gasteiger partial charge in [0.1, 0.15) is 5.82 Å². The molecule has 1 aromatic heterocycles. The molecule has 6 heteroatoms. The summed E-state index contributed by atoms with van der Waals surface area (Å²) in [5, 5.41) is 14.0. The van der Waals surface area contributed by atoms with E-state index < -0.39 is 4.92 Å². The first-order valence-corrected chi connectivity index (χ1v) is 5.61. The third-order valence-corrected chi connectivity index (χ3v) is 3.08. The zero-order valence-electron chi connectivity index (χ0n) is 9.14. The number of aromatic nitrogens is 2. The van der Waals surface area contributed by atoms with Gasteiger partial charge in [0.25, 0.3) is 5.69 Å². The molecule has 0 bridgehead atoms. The molecule has 6 nitrogen and oxygen atoms in total. The lowest BCUT2D eigenvalue weighted by molar-refractivity contribution is -0.384. The van der Waals surface area contributed by atoms with E-state index in [1.165, 1.54) is 12.1 Å². The number of H-pyrrole nitrogens is 1. The zero-order valence-corrected chi connectivity index (χ0v) is 9.14. The van der Waals surface area contributed by atoms with Gasteiger partial charge >= 0.3 is 0 Å². The van der Waals surface area contributed by atoms with Crippen LogP contribution in [0.15, 0.2) is 18.2 Å². The third kappa shape index (κ3) is 1.76.